The third-order valence-corrected chi connectivity index (χ3v) is 3.17. The molecule has 0 aliphatic rings. The van der Waals surface area contributed by atoms with Crippen molar-refractivity contribution in [2.45, 2.75) is 6.92 Å². The van der Waals surface area contributed by atoms with E-state index in [0.29, 0.717) is 16.0 Å². The summed E-state index contributed by atoms with van der Waals surface area (Å²) in [5, 5.41) is 3.66. The third kappa shape index (κ3) is 5.91. The molecule has 92 valence electrons. The van der Waals surface area contributed by atoms with E-state index < -0.39 is 0 Å². The fourth-order valence-electron chi connectivity index (χ4n) is 1.01. The largest absolute Gasteiger partial charge is 0.465 e. The highest BCUT2D eigenvalue weighted by atomic mass is 35.5. The number of hydrogen-bond donors (Lipinski definition) is 1. The zero-order valence-electron chi connectivity index (χ0n) is 9.23. The molecular formula is C11H12ClNO2S2. The first kappa shape index (κ1) is 14.3. The molecule has 6 heteroatoms. The normalized spacial score (nSPS) is 9.76. The molecule has 0 saturated carbocycles. The van der Waals surface area contributed by atoms with E-state index in [9.17, 15) is 4.79 Å². The molecule has 1 rings (SSSR count). The standard InChI is InChI=1S/C11H12ClNO2S2/c1-2-15-10(14)7-17-11(16)13-9-5-3-8(12)4-6-9/h3-6H,2,7H2,1H3,(H,13,16). The fraction of sp³-hybridized carbons (Fsp3) is 0.273. The molecule has 0 bridgehead atoms. The molecule has 3 nitrogen and oxygen atoms in total. The average molecular weight is 290 g/mol. The first-order chi connectivity index (χ1) is 8.11. The second-order valence-corrected chi connectivity index (χ2v) is 5.10. The van der Waals surface area contributed by atoms with Crippen LogP contribution in [0.3, 0.4) is 0 Å². The highest BCUT2D eigenvalue weighted by Gasteiger charge is 2.05. The highest BCUT2D eigenvalue weighted by Crippen LogP contribution is 2.15. The minimum absolute atomic E-state index is 0.216. The summed E-state index contributed by atoms with van der Waals surface area (Å²) < 4.78 is 5.32. The number of rotatable bonds is 4. The van der Waals surface area contributed by atoms with Crippen molar-refractivity contribution >= 4 is 51.6 Å². The van der Waals surface area contributed by atoms with E-state index in [-0.39, 0.29) is 11.7 Å². The van der Waals surface area contributed by atoms with E-state index in [1.165, 1.54) is 11.8 Å². The topological polar surface area (TPSA) is 38.3 Å². The van der Waals surface area contributed by atoms with Gasteiger partial charge < -0.3 is 10.1 Å². The molecule has 0 amide bonds. The summed E-state index contributed by atoms with van der Waals surface area (Å²) in [6.45, 7) is 2.16. The molecule has 1 N–H and O–H groups in total. The van der Waals surface area contributed by atoms with Gasteiger partial charge in [0.1, 0.15) is 4.32 Å². The molecule has 0 aliphatic carbocycles. The first-order valence-corrected chi connectivity index (χ1v) is 6.74. The molecule has 0 unspecified atom stereocenters. The van der Waals surface area contributed by atoms with Crippen molar-refractivity contribution < 1.29 is 9.53 Å². The van der Waals surface area contributed by atoms with Crippen molar-refractivity contribution in [2.24, 2.45) is 0 Å². The lowest BCUT2D eigenvalue weighted by Gasteiger charge is -2.07. The van der Waals surface area contributed by atoms with Crippen LogP contribution in [0.4, 0.5) is 5.69 Å². The molecular weight excluding hydrogens is 278 g/mol. The number of esters is 1. The monoisotopic (exact) mass is 289 g/mol. The summed E-state index contributed by atoms with van der Waals surface area (Å²) in [5.41, 5.74) is 0.843. The van der Waals surface area contributed by atoms with Crippen LogP contribution in [0, 0.1) is 0 Å². The van der Waals surface area contributed by atoms with Gasteiger partial charge in [-0.15, -0.1) is 0 Å². The summed E-state index contributed by atoms with van der Waals surface area (Å²) in [6, 6.07) is 7.17. The Morgan fingerprint density at radius 1 is 1.47 bits per heavy atom. The number of nitrogens with one attached hydrogen (secondary N) is 1. The molecule has 0 aliphatic heterocycles. The van der Waals surface area contributed by atoms with E-state index >= 15 is 0 Å². The Morgan fingerprint density at radius 2 is 2.12 bits per heavy atom. The van der Waals surface area contributed by atoms with Gasteiger partial charge in [-0.05, 0) is 31.2 Å². The number of ether oxygens (including phenoxy) is 1. The van der Waals surface area contributed by atoms with E-state index in [0.717, 1.165) is 5.69 Å². The summed E-state index contributed by atoms with van der Waals surface area (Å²) in [5.74, 6) is -0.0504. The number of anilines is 1. The van der Waals surface area contributed by atoms with E-state index in [1.807, 2.05) is 12.1 Å². The fourth-order valence-corrected chi connectivity index (χ4v) is 1.96. The van der Waals surface area contributed by atoms with Crippen molar-refractivity contribution in [3.63, 3.8) is 0 Å². The molecule has 0 heterocycles. The van der Waals surface area contributed by atoms with Gasteiger partial charge in [0.2, 0.25) is 0 Å². The van der Waals surface area contributed by atoms with E-state index in [1.54, 1.807) is 19.1 Å². The number of thiocarbonyl (C=S) groups is 1. The van der Waals surface area contributed by atoms with Crippen LogP contribution in [0.15, 0.2) is 24.3 Å². The van der Waals surface area contributed by atoms with Crippen molar-refractivity contribution in [3.05, 3.63) is 29.3 Å². The van der Waals surface area contributed by atoms with Crippen LogP contribution in [-0.4, -0.2) is 22.6 Å². The first-order valence-electron chi connectivity index (χ1n) is 4.96. The van der Waals surface area contributed by atoms with Crippen LogP contribution in [0.25, 0.3) is 0 Å². The second-order valence-electron chi connectivity index (χ2n) is 3.01. The lowest BCUT2D eigenvalue weighted by atomic mass is 10.3. The molecule has 1 aromatic rings. The molecule has 1 aromatic carbocycles. The van der Waals surface area contributed by atoms with Gasteiger partial charge in [-0.25, -0.2) is 0 Å². The Bertz CT molecular complexity index is 395. The number of carbonyl (C=O) groups excluding carboxylic acids is 1. The quantitative estimate of drug-likeness (QED) is 0.680. The second kappa shape index (κ2) is 7.53. The van der Waals surface area contributed by atoms with Crippen LogP contribution in [0.2, 0.25) is 5.02 Å². The van der Waals surface area contributed by atoms with Gasteiger partial charge in [0.05, 0.1) is 12.4 Å². The molecule has 17 heavy (non-hydrogen) atoms. The summed E-state index contributed by atoms with van der Waals surface area (Å²) >= 11 is 12.1. The van der Waals surface area contributed by atoms with E-state index in [4.69, 9.17) is 28.6 Å². The minimum atomic E-state index is -0.266. The number of hydrogen-bond acceptors (Lipinski definition) is 4. The van der Waals surface area contributed by atoms with Gasteiger partial charge in [-0.3, -0.25) is 4.79 Å². The Kier molecular flexibility index (Phi) is 6.32. The van der Waals surface area contributed by atoms with Gasteiger partial charge in [0.15, 0.2) is 0 Å². The molecule has 0 atom stereocenters. The molecule has 0 spiro atoms. The zero-order chi connectivity index (χ0) is 12.7. The molecule has 0 saturated heterocycles. The van der Waals surface area contributed by atoms with Gasteiger partial charge in [0.25, 0.3) is 0 Å². The maximum atomic E-state index is 11.1. The third-order valence-electron chi connectivity index (χ3n) is 1.72. The van der Waals surface area contributed by atoms with Gasteiger partial charge in [-0.1, -0.05) is 35.6 Å². The predicted octanol–water partition coefficient (Wildman–Crippen LogP) is 3.33. The van der Waals surface area contributed by atoms with E-state index in [2.05, 4.69) is 5.32 Å². The van der Waals surface area contributed by atoms with Crippen molar-refractivity contribution in [1.29, 1.82) is 0 Å². The van der Waals surface area contributed by atoms with Crippen molar-refractivity contribution in [1.82, 2.24) is 0 Å². The van der Waals surface area contributed by atoms with Crippen LogP contribution < -0.4 is 5.32 Å². The van der Waals surface area contributed by atoms with Crippen LogP contribution in [0.5, 0.6) is 0 Å². The molecule has 0 aromatic heterocycles. The number of benzene rings is 1. The number of halogens is 1. The summed E-state index contributed by atoms with van der Waals surface area (Å²) in [7, 11) is 0. The highest BCUT2D eigenvalue weighted by molar-refractivity contribution is 8.23. The number of thioether (sulfide) groups is 1. The Balaban J connectivity index is 2.34. The van der Waals surface area contributed by atoms with Gasteiger partial charge >= 0.3 is 5.97 Å². The SMILES string of the molecule is CCOC(=O)CSC(=S)Nc1ccc(Cl)cc1. The Hall–Kier alpha value is -0.780. The Morgan fingerprint density at radius 3 is 2.71 bits per heavy atom. The van der Waals surface area contributed by atoms with Crippen molar-refractivity contribution in [3.8, 4) is 0 Å². The van der Waals surface area contributed by atoms with Gasteiger partial charge in [0, 0.05) is 10.7 Å². The lowest BCUT2D eigenvalue weighted by Crippen LogP contribution is -2.11. The van der Waals surface area contributed by atoms with Crippen molar-refractivity contribution in [2.75, 3.05) is 17.7 Å². The van der Waals surface area contributed by atoms with Crippen LogP contribution in [0.1, 0.15) is 6.92 Å². The zero-order valence-corrected chi connectivity index (χ0v) is 11.6. The van der Waals surface area contributed by atoms with Crippen LogP contribution >= 0.6 is 35.6 Å². The molecule has 0 fully saturated rings. The predicted molar refractivity (Wildman–Crippen MR) is 76.8 cm³/mol. The molecule has 0 radical (unpaired) electrons. The van der Waals surface area contributed by atoms with Gasteiger partial charge in [-0.2, -0.15) is 0 Å². The lowest BCUT2D eigenvalue weighted by molar-refractivity contribution is -0.139. The van der Waals surface area contributed by atoms with Crippen LogP contribution in [-0.2, 0) is 9.53 Å². The Labute approximate surface area is 115 Å². The maximum Gasteiger partial charge on any atom is 0.316 e. The number of carbonyl (C=O) groups is 1. The smallest absolute Gasteiger partial charge is 0.316 e. The average Bonchev–Trinajstić information content (AvgIpc) is 2.30. The maximum absolute atomic E-state index is 11.1. The minimum Gasteiger partial charge on any atom is -0.465 e. The summed E-state index contributed by atoms with van der Waals surface area (Å²) in [4.78, 5) is 11.1. The summed E-state index contributed by atoms with van der Waals surface area (Å²) in [6.07, 6.45) is 0.